The summed E-state index contributed by atoms with van der Waals surface area (Å²) < 4.78 is 5.67. The van der Waals surface area contributed by atoms with Gasteiger partial charge in [-0.25, -0.2) is 0 Å². The molecule has 1 aliphatic heterocycles. The Hall–Kier alpha value is -3.12. The molecule has 1 aromatic heterocycles. The fourth-order valence-electron chi connectivity index (χ4n) is 3.36. The first-order valence-corrected chi connectivity index (χ1v) is 8.45. The van der Waals surface area contributed by atoms with Crippen LogP contribution in [0.25, 0.3) is 10.9 Å². The Morgan fingerprint density at radius 2 is 1.96 bits per heavy atom. The fraction of sp³-hybridized carbons (Fsp3) is 0.200. The lowest BCUT2D eigenvalue weighted by Crippen LogP contribution is -2.34. The van der Waals surface area contributed by atoms with Crippen molar-refractivity contribution in [3.05, 3.63) is 65.4 Å². The van der Waals surface area contributed by atoms with Crippen LogP contribution in [0.5, 0.6) is 5.75 Å². The van der Waals surface area contributed by atoms with Crippen LogP contribution < -0.4 is 10.1 Å². The van der Waals surface area contributed by atoms with Gasteiger partial charge in [-0.2, -0.15) is 0 Å². The predicted molar refractivity (Wildman–Crippen MR) is 96.6 cm³/mol. The highest BCUT2D eigenvalue weighted by molar-refractivity contribution is 5.97. The van der Waals surface area contributed by atoms with Crippen molar-refractivity contribution in [1.29, 1.82) is 0 Å². The number of aromatic amines is 1. The minimum absolute atomic E-state index is 0.0402. The van der Waals surface area contributed by atoms with Gasteiger partial charge in [0.2, 0.25) is 0 Å². The van der Waals surface area contributed by atoms with Crippen LogP contribution in [0.2, 0.25) is 0 Å². The number of ketones is 1. The number of carbonyl (C=O) groups is 2. The summed E-state index contributed by atoms with van der Waals surface area (Å²) in [4.78, 5) is 26.8. The van der Waals surface area contributed by atoms with Crippen LogP contribution in [0, 0.1) is 0 Å². The van der Waals surface area contributed by atoms with Crippen LogP contribution >= 0.6 is 0 Å². The maximum absolute atomic E-state index is 12.2. The molecule has 26 heavy (non-hydrogen) atoms. The molecule has 6 heteroatoms. The molecule has 0 spiro atoms. The van der Waals surface area contributed by atoms with Gasteiger partial charge < -0.3 is 14.8 Å². The first-order valence-electron chi connectivity index (χ1n) is 8.45. The zero-order valence-electron chi connectivity index (χ0n) is 14.0. The Labute approximate surface area is 149 Å². The summed E-state index contributed by atoms with van der Waals surface area (Å²) in [5.41, 5.74) is 3.16. The highest BCUT2D eigenvalue weighted by Gasteiger charge is 2.29. The number of carboxylic acids is 1. The van der Waals surface area contributed by atoms with Crippen molar-refractivity contribution in [2.75, 3.05) is 13.2 Å². The lowest BCUT2D eigenvalue weighted by molar-refractivity contribution is -0.139. The molecule has 3 N–H and O–H groups in total. The van der Waals surface area contributed by atoms with Crippen LogP contribution in [0.15, 0.2) is 48.5 Å². The largest absolute Gasteiger partial charge is 0.485 e. The number of ether oxygens (including phenoxy) is 1. The van der Waals surface area contributed by atoms with Gasteiger partial charge in [0.05, 0.1) is 0 Å². The molecule has 0 amide bonds. The van der Waals surface area contributed by atoms with Crippen molar-refractivity contribution in [2.24, 2.45) is 0 Å². The number of H-pyrrole nitrogens is 1. The van der Waals surface area contributed by atoms with Crippen LogP contribution in [0.4, 0.5) is 0 Å². The van der Waals surface area contributed by atoms with E-state index in [1.54, 1.807) is 18.2 Å². The lowest BCUT2D eigenvalue weighted by atomic mass is 9.99. The molecule has 0 bridgehead atoms. The molecule has 0 saturated heterocycles. The lowest BCUT2D eigenvalue weighted by Gasteiger charge is -2.20. The maximum atomic E-state index is 12.2. The second-order valence-corrected chi connectivity index (χ2v) is 6.28. The van der Waals surface area contributed by atoms with Crippen molar-refractivity contribution in [2.45, 2.75) is 12.5 Å². The van der Waals surface area contributed by atoms with Crippen molar-refractivity contribution in [3.63, 3.8) is 0 Å². The third-order valence-corrected chi connectivity index (χ3v) is 4.64. The average Bonchev–Trinajstić information content (AvgIpc) is 3.04. The van der Waals surface area contributed by atoms with Crippen molar-refractivity contribution in [1.82, 2.24) is 10.3 Å². The number of nitrogens with one attached hydrogen (secondary N) is 2. The Bertz CT molecular complexity index is 978. The highest BCUT2D eigenvalue weighted by atomic mass is 16.5. The average molecular weight is 350 g/mol. The van der Waals surface area contributed by atoms with Gasteiger partial charge in [0, 0.05) is 28.7 Å². The van der Waals surface area contributed by atoms with Crippen LogP contribution in [-0.4, -0.2) is 35.0 Å². The third kappa shape index (κ3) is 2.95. The molecule has 2 aromatic carbocycles. The molecule has 6 nitrogen and oxygen atoms in total. The second-order valence-electron chi connectivity index (χ2n) is 6.28. The molecule has 1 aliphatic rings. The smallest absolute Gasteiger partial charge is 0.326 e. The zero-order valence-corrected chi connectivity index (χ0v) is 14.0. The first-order chi connectivity index (χ1) is 12.6. The molecule has 0 aliphatic carbocycles. The van der Waals surface area contributed by atoms with Crippen LogP contribution in [-0.2, 0) is 11.2 Å². The molecule has 4 rings (SSSR count). The topological polar surface area (TPSA) is 91.4 Å². The summed E-state index contributed by atoms with van der Waals surface area (Å²) >= 11 is 0. The predicted octanol–water partition coefficient (Wildman–Crippen LogP) is 2.70. The highest BCUT2D eigenvalue weighted by Crippen LogP contribution is 2.32. The summed E-state index contributed by atoms with van der Waals surface area (Å²) in [6.07, 6.45) is 0.742. The fourth-order valence-corrected chi connectivity index (χ4v) is 3.36. The SMILES string of the molecule is O=C(COc1ccc2[nH]c3c(c2c1)CCNC3C(=O)O)c1ccccc1. The molecule has 3 aromatic rings. The van der Waals surface area contributed by atoms with Crippen LogP contribution in [0.1, 0.15) is 27.7 Å². The van der Waals surface area contributed by atoms with Crippen molar-refractivity contribution >= 4 is 22.7 Å². The Kier molecular flexibility index (Phi) is 4.18. The van der Waals surface area contributed by atoms with Crippen LogP contribution in [0.3, 0.4) is 0 Å². The van der Waals surface area contributed by atoms with Gasteiger partial charge in [-0.15, -0.1) is 0 Å². The van der Waals surface area contributed by atoms with Gasteiger partial charge in [0.25, 0.3) is 0 Å². The number of carboxylic acid groups (broad SMARTS) is 1. The van der Waals surface area contributed by atoms with E-state index in [1.807, 2.05) is 30.3 Å². The standard InChI is InChI=1S/C20H18N2O4/c23-17(12-4-2-1-3-5-12)11-26-13-6-7-16-15(10-13)14-8-9-21-19(20(24)25)18(14)22-16/h1-7,10,19,21-22H,8-9,11H2,(H,24,25). The molecular weight excluding hydrogens is 332 g/mol. The number of rotatable bonds is 5. The summed E-state index contributed by atoms with van der Waals surface area (Å²) in [7, 11) is 0. The molecule has 2 heterocycles. The van der Waals surface area contributed by atoms with E-state index in [-0.39, 0.29) is 12.4 Å². The summed E-state index contributed by atoms with van der Waals surface area (Å²) in [6, 6.07) is 13.8. The molecule has 1 atom stereocenters. The quantitative estimate of drug-likeness (QED) is 0.616. The number of hydrogen-bond donors (Lipinski definition) is 3. The van der Waals surface area contributed by atoms with Gasteiger partial charge in [-0.3, -0.25) is 14.9 Å². The first kappa shape index (κ1) is 16.4. The summed E-state index contributed by atoms with van der Waals surface area (Å²) in [6.45, 7) is 0.565. The Balaban J connectivity index is 1.58. The number of Topliss-reactive ketones (excluding diaryl/α,β-unsaturated/α-hetero) is 1. The van der Waals surface area contributed by atoms with E-state index in [0.29, 0.717) is 23.6 Å². The Morgan fingerprint density at radius 3 is 2.73 bits per heavy atom. The molecule has 0 radical (unpaired) electrons. The van der Waals surface area contributed by atoms with E-state index >= 15 is 0 Å². The van der Waals surface area contributed by atoms with Gasteiger partial charge in [0.1, 0.15) is 11.8 Å². The monoisotopic (exact) mass is 350 g/mol. The third-order valence-electron chi connectivity index (χ3n) is 4.64. The Morgan fingerprint density at radius 1 is 1.15 bits per heavy atom. The number of aliphatic carboxylic acids is 1. The normalized spacial score (nSPS) is 16.2. The minimum Gasteiger partial charge on any atom is -0.485 e. The number of fused-ring (bicyclic) bond motifs is 3. The van der Waals surface area contributed by atoms with E-state index in [4.69, 9.17) is 4.74 Å². The van der Waals surface area contributed by atoms with E-state index in [1.165, 1.54) is 0 Å². The van der Waals surface area contributed by atoms with Gasteiger partial charge in [0.15, 0.2) is 12.4 Å². The minimum atomic E-state index is -0.901. The number of carbonyl (C=O) groups excluding carboxylic acids is 1. The van der Waals surface area contributed by atoms with Gasteiger partial charge >= 0.3 is 5.97 Å². The molecule has 1 unspecified atom stereocenters. The summed E-state index contributed by atoms with van der Waals surface area (Å²) in [5, 5.41) is 13.3. The zero-order chi connectivity index (χ0) is 18.1. The van der Waals surface area contributed by atoms with E-state index in [0.717, 1.165) is 22.9 Å². The van der Waals surface area contributed by atoms with Gasteiger partial charge in [-0.05, 0) is 30.2 Å². The number of benzene rings is 2. The summed E-state index contributed by atoms with van der Waals surface area (Å²) in [5.74, 6) is -0.395. The van der Waals surface area contributed by atoms with Gasteiger partial charge in [-0.1, -0.05) is 30.3 Å². The van der Waals surface area contributed by atoms with E-state index in [9.17, 15) is 14.7 Å². The molecule has 0 saturated carbocycles. The second kappa shape index (κ2) is 6.65. The van der Waals surface area contributed by atoms with E-state index < -0.39 is 12.0 Å². The maximum Gasteiger partial charge on any atom is 0.326 e. The molecule has 132 valence electrons. The number of aromatic nitrogens is 1. The van der Waals surface area contributed by atoms with E-state index in [2.05, 4.69) is 10.3 Å². The molecule has 0 fully saturated rings. The number of hydrogen-bond acceptors (Lipinski definition) is 4. The van der Waals surface area contributed by atoms with Crippen molar-refractivity contribution < 1.29 is 19.4 Å². The molecular formula is C20H18N2O4. The van der Waals surface area contributed by atoms with Crippen molar-refractivity contribution in [3.8, 4) is 5.75 Å².